The molecule has 3 rings (SSSR count). The van der Waals surface area contributed by atoms with E-state index in [2.05, 4.69) is 4.72 Å². The predicted molar refractivity (Wildman–Crippen MR) is 92.4 cm³/mol. The number of fused-ring (bicyclic) bond motifs is 2. The number of nitrogens with one attached hydrogen (secondary N) is 1. The van der Waals surface area contributed by atoms with Crippen molar-refractivity contribution >= 4 is 37.9 Å². The van der Waals surface area contributed by atoms with Gasteiger partial charge in [-0.1, -0.05) is 6.92 Å². The number of carbonyl (C=O) groups is 1. The number of carboxylic acids is 1. The molecule has 130 valence electrons. The highest BCUT2D eigenvalue weighted by Crippen LogP contribution is 2.22. The zero-order chi connectivity index (χ0) is 18.2. The first-order valence-electron chi connectivity index (χ1n) is 7.57. The highest BCUT2D eigenvalue weighted by atomic mass is 32.2. The van der Waals surface area contributed by atoms with E-state index in [0.717, 1.165) is 0 Å². The van der Waals surface area contributed by atoms with Gasteiger partial charge in [0.2, 0.25) is 15.5 Å². The van der Waals surface area contributed by atoms with E-state index in [1.54, 1.807) is 0 Å². The van der Waals surface area contributed by atoms with Crippen LogP contribution in [0.4, 0.5) is 0 Å². The predicted octanol–water partition coefficient (Wildman–Crippen LogP) is 2.33. The van der Waals surface area contributed by atoms with Crippen molar-refractivity contribution in [2.75, 3.05) is 6.54 Å². The zero-order valence-corrected chi connectivity index (χ0v) is 14.1. The lowest BCUT2D eigenvalue weighted by atomic mass is 10.1. The smallest absolute Gasteiger partial charge is 0.335 e. The molecule has 0 aliphatic carbocycles. The number of benzene rings is 2. The average Bonchev–Trinajstić information content (AvgIpc) is 2.59. The fraction of sp³-hybridized carbons (Fsp3) is 0.176. The highest BCUT2D eigenvalue weighted by molar-refractivity contribution is 7.89. The minimum Gasteiger partial charge on any atom is -0.478 e. The van der Waals surface area contributed by atoms with Crippen molar-refractivity contribution in [3.63, 3.8) is 0 Å². The molecule has 8 heteroatoms. The third-order valence-corrected chi connectivity index (χ3v) is 5.20. The van der Waals surface area contributed by atoms with Crippen molar-refractivity contribution in [3.8, 4) is 0 Å². The molecule has 25 heavy (non-hydrogen) atoms. The molecule has 3 aromatic rings. The van der Waals surface area contributed by atoms with Gasteiger partial charge in [-0.25, -0.2) is 17.9 Å². The fourth-order valence-electron chi connectivity index (χ4n) is 2.45. The van der Waals surface area contributed by atoms with Crippen LogP contribution in [-0.2, 0) is 10.0 Å². The maximum absolute atomic E-state index is 12.6. The summed E-state index contributed by atoms with van der Waals surface area (Å²) in [6.07, 6.45) is 0.651. The molecule has 0 unspecified atom stereocenters. The molecule has 7 nitrogen and oxygen atoms in total. The molecule has 0 aliphatic rings. The molecule has 0 atom stereocenters. The molecule has 0 aliphatic heterocycles. The van der Waals surface area contributed by atoms with Gasteiger partial charge in [-0.05, 0) is 36.8 Å². The number of carboxylic acid groups (broad SMARTS) is 1. The van der Waals surface area contributed by atoms with Crippen LogP contribution in [0.5, 0.6) is 0 Å². The Balaban J connectivity index is 2.22. The fourth-order valence-corrected chi connectivity index (χ4v) is 3.60. The Labute approximate surface area is 142 Å². The van der Waals surface area contributed by atoms with Crippen LogP contribution in [0.2, 0.25) is 0 Å². The Kier molecular flexibility index (Phi) is 4.32. The monoisotopic (exact) mass is 361 g/mol. The summed E-state index contributed by atoms with van der Waals surface area (Å²) in [7, 11) is -3.69. The molecule has 0 saturated heterocycles. The molecule has 1 heterocycles. The molecule has 2 N–H and O–H groups in total. The third-order valence-electron chi connectivity index (χ3n) is 3.74. The van der Waals surface area contributed by atoms with Crippen molar-refractivity contribution in [1.82, 2.24) is 4.72 Å². The van der Waals surface area contributed by atoms with Crippen LogP contribution in [0.15, 0.2) is 50.5 Å². The maximum Gasteiger partial charge on any atom is 0.335 e. The second-order valence-electron chi connectivity index (χ2n) is 5.50. The second kappa shape index (κ2) is 6.30. The summed E-state index contributed by atoms with van der Waals surface area (Å²) in [6.45, 7) is 2.15. The topological polar surface area (TPSA) is 114 Å². The van der Waals surface area contributed by atoms with Gasteiger partial charge < -0.3 is 9.52 Å². The van der Waals surface area contributed by atoms with Gasteiger partial charge in [-0.2, -0.15) is 0 Å². The number of aromatic carboxylic acids is 1. The van der Waals surface area contributed by atoms with Crippen molar-refractivity contribution in [2.24, 2.45) is 0 Å². The Morgan fingerprint density at radius 3 is 2.56 bits per heavy atom. The minimum atomic E-state index is -3.69. The first-order valence-corrected chi connectivity index (χ1v) is 9.05. The van der Waals surface area contributed by atoms with Gasteiger partial charge in [0.25, 0.3) is 0 Å². The van der Waals surface area contributed by atoms with E-state index in [1.807, 2.05) is 6.92 Å². The average molecular weight is 361 g/mol. The molecule has 0 spiro atoms. The lowest BCUT2D eigenvalue weighted by Gasteiger charge is -2.07. The van der Waals surface area contributed by atoms with Crippen LogP contribution in [0, 0.1) is 0 Å². The van der Waals surface area contributed by atoms with Crippen LogP contribution in [0.3, 0.4) is 0 Å². The van der Waals surface area contributed by atoms with Crippen molar-refractivity contribution in [1.29, 1.82) is 0 Å². The lowest BCUT2D eigenvalue weighted by Crippen LogP contribution is -2.24. The van der Waals surface area contributed by atoms with Gasteiger partial charge in [0.1, 0.15) is 11.2 Å². The van der Waals surface area contributed by atoms with Crippen LogP contribution < -0.4 is 10.2 Å². The molecular weight excluding hydrogens is 346 g/mol. The number of hydrogen-bond donors (Lipinski definition) is 2. The molecule has 2 aromatic carbocycles. The Morgan fingerprint density at radius 1 is 1.12 bits per heavy atom. The maximum atomic E-state index is 12.6. The highest BCUT2D eigenvalue weighted by Gasteiger charge is 2.16. The minimum absolute atomic E-state index is 0.00175. The molecular formula is C17H15NO6S. The van der Waals surface area contributed by atoms with Crippen LogP contribution in [-0.4, -0.2) is 26.0 Å². The summed E-state index contributed by atoms with van der Waals surface area (Å²) in [5.41, 5.74) is -0.120. The number of rotatable bonds is 5. The van der Waals surface area contributed by atoms with E-state index in [1.165, 1.54) is 36.4 Å². The van der Waals surface area contributed by atoms with E-state index >= 15 is 0 Å². The summed E-state index contributed by atoms with van der Waals surface area (Å²) >= 11 is 0. The molecule has 0 saturated carbocycles. The van der Waals surface area contributed by atoms with Gasteiger partial charge in [-0.3, -0.25) is 4.79 Å². The van der Waals surface area contributed by atoms with E-state index < -0.39 is 21.4 Å². The summed E-state index contributed by atoms with van der Waals surface area (Å²) in [6, 6.07) is 7.94. The van der Waals surface area contributed by atoms with Gasteiger partial charge in [-0.15, -0.1) is 0 Å². The first-order chi connectivity index (χ1) is 11.8. The molecule has 0 bridgehead atoms. The molecule has 0 fully saturated rings. The van der Waals surface area contributed by atoms with Gasteiger partial charge in [0.05, 0.1) is 21.2 Å². The van der Waals surface area contributed by atoms with E-state index in [4.69, 9.17) is 9.52 Å². The van der Waals surface area contributed by atoms with Crippen LogP contribution in [0.25, 0.3) is 21.9 Å². The van der Waals surface area contributed by atoms with Crippen molar-refractivity contribution < 1.29 is 22.7 Å². The van der Waals surface area contributed by atoms with Gasteiger partial charge in [0.15, 0.2) is 0 Å². The lowest BCUT2D eigenvalue weighted by molar-refractivity contribution is 0.0697. The summed E-state index contributed by atoms with van der Waals surface area (Å²) < 4.78 is 32.5. The number of sulfonamides is 1. The Bertz CT molecular complexity index is 1150. The van der Waals surface area contributed by atoms with E-state index in [-0.39, 0.29) is 32.4 Å². The zero-order valence-electron chi connectivity index (χ0n) is 13.3. The quantitative estimate of drug-likeness (QED) is 0.674. The molecule has 0 amide bonds. The van der Waals surface area contributed by atoms with E-state index in [0.29, 0.717) is 13.0 Å². The summed E-state index contributed by atoms with van der Waals surface area (Å²) in [5, 5.41) is 9.36. The molecule has 0 radical (unpaired) electrons. The normalized spacial score (nSPS) is 11.9. The Hall–Kier alpha value is -2.71. The van der Waals surface area contributed by atoms with Crippen LogP contribution in [0.1, 0.15) is 23.7 Å². The second-order valence-corrected chi connectivity index (χ2v) is 7.27. The van der Waals surface area contributed by atoms with Gasteiger partial charge in [0, 0.05) is 12.6 Å². The largest absolute Gasteiger partial charge is 0.478 e. The molecule has 1 aromatic heterocycles. The first kappa shape index (κ1) is 17.1. The van der Waals surface area contributed by atoms with Crippen molar-refractivity contribution in [3.05, 3.63) is 52.2 Å². The number of hydrogen-bond acceptors (Lipinski definition) is 5. The van der Waals surface area contributed by atoms with E-state index in [9.17, 15) is 18.0 Å². The van der Waals surface area contributed by atoms with Gasteiger partial charge >= 0.3 is 5.97 Å². The summed E-state index contributed by atoms with van der Waals surface area (Å²) in [4.78, 5) is 23.6. The summed E-state index contributed by atoms with van der Waals surface area (Å²) in [5.74, 6) is -1.15. The third kappa shape index (κ3) is 3.13. The standard InChI is InChI=1S/C17H15NO6S/c1-2-7-18-25(22,23)11-4-5-12-15(9-11)24-14-6-3-10(17(20)21)8-13(14)16(12)19/h3-6,8-9,18H,2,7H2,1H3,(H,20,21). The SMILES string of the molecule is CCCNS(=O)(=O)c1ccc2c(=O)c3cc(C(=O)O)ccc3oc2c1. The Morgan fingerprint density at radius 2 is 1.88 bits per heavy atom. The van der Waals surface area contributed by atoms with Crippen molar-refractivity contribution in [2.45, 2.75) is 18.2 Å². The van der Waals surface area contributed by atoms with Crippen LogP contribution >= 0.6 is 0 Å².